The van der Waals surface area contributed by atoms with Gasteiger partial charge in [0.2, 0.25) is 0 Å². The predicted molar refractivity (Wildman–Crippen MR) is 152 cm³/mol. The number of carbonyl (C=O) groups is 1. The molecule has 1 aromatic heterocycles. The Morgan fingerprint density at radius 2 is 1.80 bits per heavy atom. The second-order valence-electron chi connectivity index (χ2n) is 12.2. The minimum atomic E-state index is -2.64. The predicted octanol–water partition coefficient (Wildman–Crippen LogP) is 6.16. The number of hydrogen-bond acceptors (Lipinski definition) is 4. The SMILES string of the molecule is CC(C)(CC(=O)O)N1CC(CN2CCC(n3cc(Cc4ccccc4)nc3C(F)F)CC2)C(c2cccc(F)c2)C1. The summed E-state index contributed by atoms with van der Waals surface area (Å²) in [5.41, 5.74) is 2.10. The molecule has 1 N–H and O–H groups in total. The van der Waals surface area contributed by atoms with Crippen molar-refractivity contribution in [3.8, 4) is 0 Å². The average Bonchev–Trinajstić information content (AvgIpc) is 3.54. The second-order valence-corrected chi connectivity index (χ2v) is 12.2. The maximum atomic E-state index is 14.2. The standard InChI is InChI=1S/C32H39F3N4O2/c1-32(2,17-29(40)41)38-19-24(28(21-38)23-9-6-10-25(33)16-23)18-37-13-11-27(12-14-37)39-20-26(36-31(39)30(34)35)15-22-7-4-3-5-8-22/h3-10,16,20,24,27-28,30H,11-15,17-19,21H2,1-2H3,(H,40,41). The number of alkyl halides is 2. The van der Waals surface area contributed by atoms with E-state index in [1.54, 1.807) is 22.9 Å². The molecule has 3 aromatic rings. The molecule has 2 atom stereocenters. The Labute approximate surface area is 239 Å². The van der Waals surface area contributed by atoms with E-state index < -0.39 is 17.9 Å². The number of rotatable bonds is 10. The fraction of sp³-hybridized carbons (Fsp3) is 0.500. The van der Waals surface area contributed by atoms with Gasteiger partial charge in [-0.05, 0) is 55.9 Å². The number of imidazole rings is 1. The first-order chi connectivity index (χ1) is 19.6. The van der Waals surface area contributed by atoms with Gasteiger partial charge in [-0.15, -0.1) is 0 Å². The molecule has 41 heavy (non-hydrogen) atoms. The Morgan fingerprint density at radius 1 is 1.07 bits per heavy atom. The lowest BCUT2D eigenvalue weighted by atomic mass is 9.88. The minimum absolute atomic E-state index is 0.0324. The third-order valence-electron chi connectivity index (χ3n) is 8.83. The summed E-state index contributed by atoms with van der Waals surface area (Å²) in [6, 6.07) is 16.4. The van der Waals surface area contributed by atoms with E-state index in [2.05, 4.69) is 14.8 Å². The van der Waals surface area contributed by atoms with Crippen LogP contribution in [0, 0.1) is 11.7 Å². The molecule has 6 nitrogen and oxygen atoms in total. The molecule has 220 valence electrons. The number of nitrogens with zero attached hydrogens (tertiary/aromatic N) is 4. The Bertz CT molecular complexity index is 1320. The number of aliphatic carboxylic acids is 1. The Kier molecular flexibility index (Phi) is 8.85. The second kappa shape index (κ2) is 12.4. The largest absolute Gasteiger partial charge is 0.481 e. The quantitative estimate of drug-likeness (QED) is 0.318. The maximum Gasteiger partial charge on any atom is 0.305 e. The molecule has 0 bridgehead atoms. The van der Waals surface area contributed by atoms with Crippen molar-refractivity contribution in [1.29, 1.82) is 0 Å². The van der Waals surface area contributed by atoms with Crippen LogP contribution >= 0.6 is 0 Å². The number of aromatic nitrogens is 2. The molecule has 2 saturated heterocycles. The van der Waals surface area contributed by atoms with Crippen molar-refractivity contribution in [3.63, 3.8) is 0 Å². The monoisotopic (exact) mass is 568 g/mol. The lowest BCUT2D eigenvalue weighted by molar-refractivity contribution is -0.139. The first kappa shape index (κ1) is 29.3. The molecule has 0 spiro atoms. The molecule has 2 aliphatic rings. The van der Waals surface area contributed by atoms with E-state index in [1.165, 1.54) is 6.07 Å². The fourth-order valence-electron chi connectivity index (χ4n) is 6.66. The molecular weight excluding hydrogens is 529 g/mol. The highest BCUT2D eigenvalue weighted by Crippen LogP contribution is 2.39. The number of carboxylic acids is 1. The summed E-state index contributed by atoms with van der Waals surface area (Å²) >= 11 is 0. The van der Waals surface area contributed by atoms with Gasteiger partial charge in [0.05, 0.1) is 12.1 Å². The lowest BCUT2D eigenvalue weighted by Crippen LogP contribution is -2.45. The van der Waals surface area contributed by atoms with Crippen LogP contribution in [0.25, 0.3) is 0 Å². The van der Waals surface area contributed by atoms with E-state index in [4.69, 9.17) is 0 Å². The number of halogens is 3. The number of piperidine rings is 1. The van der Waals surface area contributed by atoms with Crippen molar-refractivity contribution in [2.24, 2.45) is 5.92 Å². The van der Waals surface area contributed by atoms with Gasteiger partial charge in [0.15, 0.2) is 5.82 Å². The van der Waals surface area contributed by atoms with Crippen LogP contribution in [-0.2, 0) is 11.2 Å². The zero-order chi connectivity index (χ0) is 29.1. The van der Waals surface area contributed by atoms with Crippen LogP contribution in [0.15, 0.2) is 60.8 Å². The molecule has 0 radical (unpaired) electrons. The molecule has 9 heteroatoms. The zero-order valence-electron chi connectivity index (χ0n) is 23.7. The fourth-order valence-corrected chi connectivity index (χ4v) is 6.66. The third-order valence-corrected chi connectivity index (χ3v) is 8.83. The molecule has 0 amide bonds. The Morgan fingerprint density at radius 3 is 2.46 bits per heavy atom. The van der Waals surface area contributed by atoms with Gasteiger partial charge in [-0.2, -0.15) is 0 Å². The molecule has 2 unspecified atom stereocenters. The van der Waals surface area contributed by atoms with Crippen molar-refractivity contribution in [2.45, 2.75) is 63.5 Å². The Balaban J connectivity index is 1.27. The van der Waals surface area contributed by atoms with Crippen molar-refractivity contribution < 1.29 is 23.1 Å². The van der Waals surface area contributed by atoms with E-state index in [9.17, 15) is 23.1 Å². The van der Waals surface area contributed by atoms with Gasteiger partial charge in [-0.25, -0.2) is 18.2 Å². The number of benzene rings is 2. The van der Waals surface area contributed by atoms with E-state index in [0.717, 1.165) is 50.1 Å². The van der Waals surface area contributed by atoms with E-state index in [1.807, 2.05) is 50.2 Å². The van der Waals surface area contributed by atoms with Gasteiger partial charge in [0, 0.05) is 62.8 Å². The average molecular weight is 569 g/mol. The smallest absolute Gasteiger partial charge is 0.305 e. The van der Waals surface area contributed by atoms with E-state index in [0.29, 0.717) is 18.7 Å². The topological polar surface area (TPSA) is 61.6 Å². The van der Waals surface area contributed by atoms with Crippen LogP contribution in [0.2, 0.25) is 0 Å². The van der Waals surface area contributed by atoms with Gasteiger partial charge in [0.25, 0.3) is 6.43 Å². The van der Waals surface area contributed by atoms with E-state index >= 15 is 0 Å². The summed E-state index contributed by atoms with van der Waals surface area (Å²) in [5, 5.41) is 9.47. The summed E-state index contributed by atoms with van der Waals surface area (Å²) in [7, 11) is 0. The highest BCUT2D eigenvalue weighted by Gasteiger charge is 2.42. The molecular formula is C32H39F3N4O2. The molecule has 0 saturated carbocycles. The van der Waals surface area contributed by atoms with Crippen LogP contribution in [0.3, 0.4) is 0 Å². The van der Waals surface area contributed by atoms with Gasteiger partial charge < -0.3 is 14.6 Å². The van der Waals surface area contributed by atoms with Crippen LogP contribution in [0.4, 0.5) is 13.2 Å². The van der Waals surface area contributed by atoms with Crippen molar-refractivity contribution in [2.75, 3.05) is 32.7 Å². The number of carboxylic acid groups (broad SMARTS) is 1. The number of likely N-dealkylation sites (tertiary alicyclic amines) is 2. The van der Waals surface area contributed by atoms with Crippen LogP contribution in [-0.4, -0.2) is 68.7 Å². The van der Waals surface area contributed by atoms with Gasteiger partial charge in [-0.1, -0.05) is 42.5 Å². The summed E-state index contributed by atoms with van der Waals surface area (Å²) in [4.78, 5) is 20.4. The van der Waals surface area contributed by atoms with Gasteiger partial charge in [0.1, 0.15) is 5.82 Å². The molecule has 3 heterocycles. The van der Waals surface area contributed by atoms with Crippen LogP contribution < -0.4 is 0 Å². The Hall–Kier alpha value is -3.17. The highest BCUT2D eigenvalue weighted by molar-refractivity contribution is 5.68. The van der Waals surface area contributed by atoms with Crippen LogP contribution in [0.5, 0.6) is 0 Å². The van der Waals surface area contributed by atoms with Crippen molar-refractivity contribution >= 4 is 5.97 Å². The molecule has 2 aromatic carbocycles. The summed E-state index contributed by atoms with van der Waals surface area (Å²) in [6.45, 7) is 7.63. The van der Waals surface area contributed by atoms with Crippen molar-refractivity contribution in [3.05, 3.63) is 89.3 Å². The van der Waals surface area contributed by atoms with Crippen molar-refractivity contribution in [1.82, 2.24) is 19.4 Å². The first-order valence-corrected chi connectivity index (χ1v) is 14.4. The summed E-state index contributed by atoms with van der Waals surface area (Å²) < 4.78 is 43.8. The lowest BCUT2D eigenvalue weighted by Gasteiger charge is -2.36. The molecule has 0 aliphatic carbocycles. The van der Waals surface area contributed by atoms with Gasteiger partial charge in [-0.3, -0.25) is 9.69 Å². The molecule has 2 fully saturated rings. The highest BCUT2D eigenvalue weighted by atomic mass is 19.3. The maximum absolute atomic E-state index is 14.2. The summed E-state index contributed by atoms with van der Waals surface area (Å²) in [5.74, 6) is -0.989. The molecule has 2 aliphatic heterocycles. The first-order valence-electron chi connectivity index (χ1n) is 14.4. The number of hydrogen-bond donors (Lipinski definition) is 1. The minimum Gasteiger partial charge on any atom is -0.481 e. The van der Waals surface area contributed by atoms with E-state index in [-0.39, 0.29) is 35.9 Å². The summed E-state index contributed by atoms with van der Waals surface area (Å²) in [6.07, 6.45) is 1.20. The van der Waals surface area contributed by atoms with Crippen LogP contribution in [0.1, 0.15) is 74.1 Å². The third kappa shape index (κ3) is 7.01. The molecule has 5 rings (SSSR count). The van der Waals surface area contributed by atoms with Gasteiger partial charge >= 0.3 is 5.97 Å². The normalized spacial score (nSPS) is 21.1. The zero-order valence-corrected chi connectivity index (χ0v) is 23.7.